The number of carbonyl (C=O) groups excluding carboxylic acids is 1. The summed E-state index contributed by atoms with van der Waals surface area (Å²) in [5.74, 6) is 1.05. The first kappa shape index (κ1) is 24.8. The summed E-state index contributed by atoms with van der Waals surface area (Å²) in [6, 6.07) is 21.7. The summed E-state index contributed by atoms with van der Waals surface area (Å²) in [7, 11) is 0. The van der Waals surface area contributed by atoms with Crippen LogP contribution in [0.25, 0.3) is 21.8 Å². The Morgan fingerprint density at radius 2 is 1.86 bits per heavy atom. The molecule has 2 atom stereocenters. The number of likely N-dealkylation sites (tertiary alicyclic amines) is 1. The van der Waals surface area contributed by atoms with Crippen LogP contribution in [0.2, 0.25) is 0 Å². The maximum absolute atomic E-state index is 13.4. The lowest BCUT2D eigenvalue weighted by Gasteiger charge is -2.33. The lowest BCUT2D eigenvalue weighted by molar-refractivity contribution is -0.132. The molecule has 0 radical (unpaired) electrons. The minimum atomic E-state index is -1.12. The Morgan fingerprint density at radius 3 is 2.68 bits per heavy atom. The van der Waals surface area contributed by atoms with Gasteiger partial charge in [0.15, 0.2) is 0 Å². The molecule has 1 aliphatic heterocycles. The molecular formula is C29H33N5O3. The number of nitrogens with zero attached hydrogens (tertiary/aromatic N) is 3. The minimum Gasteiger partial charge on any atom is -0.465 e. The fourth-order valence-corrected chi connectivity index (χ4v) is 5.52. The minimum absolute atomic E-state index is 0.0364. The van der Waals surface area contributed by atoms with Crippen molar-refractivity contribution in [1.29, 1.82) is 0 Å². The van der Waals surface area contributed by atoms with Gasteiger partial charge in [-0.05, 0) is 47.7 Å². The largest absolute Gasteiger partial charge is 0.465 e. The highest BCUT2D eigenvalue weighted by molar-refractivity contribution is 5.83. The van der Waals surface area contributed by atoms with E-state index in [2.05, 4.69) is 22.0 Å². The fraction of sp³-hybridized carbons (Fsp3) is 0.345. The zero-order valence-corrected chi connectivity index (χ0v) is 20.8. The average Bonchev–Trinajstić information content (AvgIpc) is 3.27. The van der Waals surface area contributed by atoms with E-state index in [1.54, 1.807) is 0 Å². The average molecular weight is 500 g/mol. The van der Waals surface area contributed by atoms with E-state index in [0.29, 0.717) is 32.6 Å². The number of aromatic nitrogens is 2. The van der Waals surface area contributed by atoms with Gasteiger partial charge in [0.05, 0.1) is 11.0 Å². The molecule has 1 fully saturated rings. The van der Waals surface area contributed by atoms with Gasteiger partial charge in [0.25, 0.3) is 0 Å². The molecule has 0 aliphatic carbocycles. The molecule has 3 aromatic carbocycles. The third-order valence-corrected chi connectivity index (χ3v) is 7.22. The molecule has 0 saturated carbocycles. The molecule has 1 aliphatic rings. The maximum Gasteiger partial charge on any atom is 0.404 e. The number of nitrogens with one attached hydrogen (secondary N) is 1. The Labute approximate surface area is 216 Å². The Bertz CT molecular complexity index is 1420. The summed E-state index contributed by atoms with van der Waals surface area (Å²) < 4.78 is 2.18. The van der Waals surface area contributed by atoms with Crippen LogP contribution in [0.3, 0.4) is 0 Å². The molecule has 0 spiro atoms. The van der Waals surface area contributed by atoms with Gasteiger partial charge >= 0.3 is 6.09 Å². The fourth-order valence-electron chi connectivity index (χ4n) is 5.52. The van der Waals surface area contributed by atoms with Crippen LogP contribution in [0, 0.1) is 0 Å². The molecule has 37 heavy (non-hydrogen) atoms. The number of fused-ring (bicyclic) bond motifs is 2. The van der Waals surface area contributed by atoms with Crippen molar-refractivity contribution in [1.82, 2.24) is 19.8 Å². The van der Waals surface area contributed by atoms with E-state index in [9.17, 15) is 14.7 Å². The van der Waals surface area contributed by atoms with E-state index in [-0.39, 0.29) is 18.2 Å². The molecule has 0 bridgehead atoms. The number of para-hydroxylation sites is 2. The first-order valence-electron chi connectivity index (χ1n) is 12.9. The molecule has 2 amide bonds. The van der Waals surface area contributed by atoms with Crippen molar-refractivity contribution in [3.05, 3.63) is 78.1 Å². The number of carbonyl (C=O) groups is 2. The van der Waals surface area contributed by atoms with Crippen LogP contribution in [-0.2, 0) is 17.8 Å². The summed E-state index contributed by atoms with van der Waals surface area (Å²) in [6.07, 6.45) is 1.28. The van der Waals surface area contributed by atoms with E-state index in [1.807, 2.05) is 59.5 Å². The number of hydrogen-bond donors (Lipinski definition) is 3. The van der Waals surface area contributed by atoms with Crippen molar-refractivity contribution < 1.29 is 14.7 Å². The van der Waals surface area contributed by atoms with Gasteiger partial charge < -0.3 is 25.6 Å². The molecule has 8 nitrogen and oxygen atoms in total. The van der Waals surface area contributed by atoms with Gasteiger partial charge in [-0.2, -0.15) is 0 Å². The summed E-state index contributed by atoms with van der Waals surface area (Å²) in [5.41, 5.74) is 8.91. The number of benzene rings is 3. The van der Waals surface area contributed by atoms with Crippen molar-refractivity contribution in [3.8, 4) is 0 Å². The monoisotopic (exact) mass is 499 g/mol. The third kappa shape index (κ3) is 5.59. The number of imidazole rings is 1. The molecule has 192 valence electrons. The number of rotatable bonds is 8. The Hall–Kier alpha value is -3.91. The molecule has 1 aromatic heterocycles. The van der Waals surface area contributed by atoms with Crippen LogP contribution in [-0.4, -0.2) is 57.2 Å². The van der Waals surface area contributed by atoms with Crippen molar-refractivity contribution in [2.75, 3.05) is 19.6 Å². The van der Waals surface area contributed by atoms with Gasteiger partial charge in [-0.15, -0.1) is 0 Å². The van der Waals surface area contributed by atoms with E-state index < -0.39 is 12.1 Å². The standard InChI is InChI=1S/C29H33N5O3/c30-13-15-34-26-10-4-3-9-25(26)32-28(34)23-8-5-14-33(19-23)27(35)18-24(31-29(36)37)17-20-11-12-21-6-1-2-7-22(21)16-20/h1-4,6-7,9-12,16,23-24,31H,5,8,13-15,17-19,30H2,(H,36,37)/t23-,24-/m1/s1. The van der Waals surface area contributed by atoms with Crippen LogP contribution >= 0.6 is 0 Å². The van der Waals surface area contributed by atoms with Crippen molar-refractivity contribution in [2.24, 2.45) is 5.73 Å². The van der Waals surface area contributed by atoms with Gasteiger partial charge in [-0.25, -0.2) is 9.78 Å². The molecule has 0 unspecified atom stereocenters. The number of carboxylic acid groups (broad SMARTS) is 1. The highest BCUT2D eigenvalue weighted by atomic mass is 16.4. The summed E-state index contributed by atoms with van der Waals surface area (Å²) in [4.78, 5) is 31.7. The number of nitrogens with two attached hydrogens (primary N) is 1. The second-order valence-corrected chi connectivity index (χ2v) is 9.81. The lowest BCUT2D eigenvalue weighted by Crippen LogP contribution is -2.44. The molecule has 8 heteroatoms. The second kappa shape index (κ2) is 11.0. The van der Waals surface area contributed by atoms with Crippen molar-refractivity contribution in [2.45, 2.75) is 44.2 Å². The first-order chi connectivity index (χ1) is 18.0. The van der Waals surface area contributed by atoms with Crippen LogP contribution in [0.1, 0.15) is 36.6 Å². The summed E-state index contributed by atoms with van der Waals surface area (Å²) in [5, 5.41) is 14.2. The van der Waals surface area contributed by atoms with Crippen LogP contribution in [0.5, 0.6) is 0 Å². The highest BCUT2D eigenvalue weighted by Crippen LogP contribution is 2.30. The molecular weight excluding hydrogens is 466 g/mol. The Morgan fingerprint density at radius 1 is 1.08 bits per heavy atom. The van der Waals surface area contributed by atoms with Crippen LogP contribution < -0.4 is 11.1 Å². The SMILES string of the molecule is NCCn1c([C@@H]2CCCN(C(=O)C[C@@H](Cc3ccc4ccccc4c3)NC(=O)O)C2)nc2ccccc21. The zero-order chi connectivity index (χ0) is 25.8. The topological polar surface area (TPSA) is 113 Å². The third-order valence-electron chi connectivity index (χ3n) is 7.22. The molecule has 5 rings (SSSR count). The number of piperidine rings is 1. The lowest BCUT2D eigenvalue weighted by atomic mass is 9.95. The van der Waals surface area contributed by atoms with Crippen molar-refractivity contribution in [3.63, 3.8) is 0 Å². The van der Waals surface area contributed by atoms with Gasteiger partial charge in [-0.1, -0.05) is 54.6 Å². The van der Waals surface area contributed by atoms with Gasteiger partial charge in [0, 0.05) is 44.6 Å². The summed E-state index contributed by atoms with van der Waals surface area (Å²) >= 11 is 0. The van der Waals surface area contributed by atoms with E-state index >= 15 is 0 Å². The smallest absolute Gasteiger partial charge is 0.404 e. The predicted octanol–water partition coefficient (Wildman–Crippen LogP) is 4.12. The molecule has 4 N–H and O–H groups in total. The second-order valence-electron chi connectivity index (χ2n) is 9.81. The van der Waals surface area contributed by atoms with E-state index in [1.165, 1.54) is 0 Å². The zero-order valence-electron chi connectivity index (χ0n) is 20.8. The molecule has 1 saturated heterocycles. The van der Waals surface area contributed by atoms with Crippen molar-refractivity contribution >= 4 is 33.8 Å². The number of hydrogen-bond acceptors (Lipinski definition) is 4. The highest BCUT2D eigenvalue weighted by Gasteiger charge is 2.30. The normalized spacial score (nSPS) is 16.7. The van der Waals surface area contributed by atoms with Gasteiger partial charge in [0.2, 0.25) is 5.91 Å². The van der Waals surface area contributed by atoms with Crippen LogP contribution in [0.15, 0.2) is 66.7 Å². The summed E-state index contributed by atoms with van der Waals surface area (Å²) in [6.45, 7) is 2.43. The van der Waals surface area contributed by atoms with E-state index in [0.717, 1.165) is 46.0 Å². The van der Waals surface area contributed by atoms with E-state index in [4.69, 9.17) is 10.7 Å². The molecule has 2 heterocycles. The maximum atomic E-state index is 13.4. The number of amides is 2. The Balaban J connectivity index is 1.31. The Kier molecular flexibility index (Phi) is 7.37. The quantitative estimate of drug-likeness (QED) is 0.337. The van der Waals surface area contributed by atoms with Crippen LogP contribution in [0.4, 0.5) is 4.79 Å². The predicted molar refractivity (Wildman–Crippen MR) is 145 cm³/mol. The first-order valence-corrected chi connectivity index (χ1v) is 12.9. The van der Waals surface area contributed by atoms with Gasteiger partial charge in [0.1, 0.15) is 5.82 Å². The molecule has 4 aromatic rings. The van der Waals surface area contributed by atoms with Gasteiger partial charge in [-0.3, -0.25) is 4.79 Å².